The van der Waals surface area contributed by atoms with E-state index in [9.17, 15) is 4.79 Å². The zero-order chi connectivity index (χ0) is 10.9. The predicted octanol–water partition coefficient (Wildman–Crippen LogP) is 1.95. The minimum absolute atomic E-state index is 0.105. The molecular formula is C12H16N2O. The van der Waals surface area contributed by atoms with Crippen molar-refractivity contribution in [3.8, 4) is 0 Å². The van der Waals surface area contributed by atoms with Gasteiger partial charge in [0.1, 0.15) is 0 Å². The van der Waals surface area contributed by atoms with Crippen LogP contribution in [0.2, 0.25) is 0 Å². The van der Waals surface area contributed by atoms with Gasteiger partial charge in [0.05, 0.1) is 5.56 Å². The molecule has 0 saturated carbocycles. The van der Waals surface area contributed by atoms with Crippen molar-refractivity contribution in [2.24, 2.45) is 5.41 Å². The lowest BCUT2D eigenvalue weighted by Gasteiger charge is -2.19. The van der Waals surface area contributed by atoms with Crippen LogP contribution in [-0.2, 0) is 0 Å². The highest BCUT2D eigenvalue weighted by Gasteiger charge is 2.32. The number of amides is 1. The Kier molecular flexibility index (Phi) is 2.47. The molecule has 0 atom stereocenters. The van der Waals surface area contributed by atoms with Crippen molar-refractivity contribution in [2.45, 2.75) is 20.3 Å². The molecule has 1 aromatic heterocycles. The molecule has 2 rings (SSSR count). The summed E-state index contributed by atoms with van der Waals surface area (Å²) in [5, 5.41) is 0. The predicted molar refractivity (Wildman–Crippen MR) is 58.5 cm³/mol. The van der Waals surface area contributed by atoms with Gasteiger partial charge in [0.25, 0.3) is 5.91 Å². The Balaban J connectivity index is 2.11. The van der Waals surface area contributed by atoms with Crippen LogP contribution in [0.5, 0.6) is 0 Å². The monoisotopic (exact) mass is 204 g/mol. The lowest BCUT2D eigenvalue weighted by Crippen LogP contribution is -2.30. The second-order valence-electron chi connectivity index (χ2n) is 4.88. The SMILES string of the molecule is CC1(C)CCN(C(=O)c2cccnc2)C1. The van der Waals surface area contributed by atoms with Gasteiger partial charge in [0.2, 0.25) is 0 Å². The van der Waals surface area contributed by atoms with Crippen LogP contribution in [0.4, 0.5) is 0 Å². The van der Waals surface area contributed by atoms with Gasteiger partial charge in [0, 0.05) is 25.5 Å². The highest BCUT2D eigenvalue weighted by Crippen LogP contribution is 2.29. The summed E-state index contributed by atoms with van der Waals surface area (Å²) in [4.78, 5) is 17.9. The first-order valence-corrected chi connectivity index (χ1v) is 5.28. The quantitative estimate of drug-likeness (QED) is 0.700. The molecule has 1 aliphatic heterocycles. The van der Waals surface area contributed by atoms with Crippen molar-refractivity contribution in [1.82, 2.24) is 9.88 Å². The first-order valence-electron chi connectivity index (χ1n) is 5.28. The van der Waals surface area contributed by atoms with E-state index < -0.39 is 0 Å². The van der Waals surface area contributed by atoms with Crippen molar-refractivity contribution >= 4 is 5.91 Å². The van der Waals surface area contributed by atoms with Gasteiger partial charge >= 0.3 is 0 Å². The molecule has 1 aliphatic rings. The van der Waals surface area contributed by atoms with Gasteiger partial charge in [-0.25, -0.2) is 0 Å². The number of aromatic nitrogens is 1. The van der Waals surface area contributed by atoms with Crippen molar-refractivity contribution in [2.75, 3.05) is 13.1 Å². The standard InChI is InChI=1S/C12H16N2O/c1-12(2)5-7-14(9-12)11(15)10-4-3-6-13-8-10/h3-4,6,8H,5,7,9H2,1-2H3. The zero-order valence-electron chi connectivity index (χ0n) is 9.23. The summed E-state index contributed by atoms with van der Waals surface area (Å²) in [6, 6.07) is 3.62. The molecular weight excluding hydrogens is 188 g/mol. The lowest BCUT2D eigenvalue weighted by molar-refractivity contribution is 0.0778. The molecule has 1 amide bonds. The van der Waals surface area contributed by atoms with Gasteiger partial charge in [0.15, 0.2) is 0 Å². The third kappa shape index (κ3) is 2.17. The molecule has 80 valence electrons. The summed E-state index contributed by atoms with van der Waals surface area (Å²) in [6.07, 6.45) is 4.40. The summed E-state index contributed by atoms with van der Waals surface area (Å²) < 4.78 is 0. The van der Waals surface area contributed by atoms with E-state index in [4.69, 9.17) is 0 Å². The van der Waals surface area contributed by atoms with Crippen LogP contribution >= 0.6 is 0 Å². The molecule has 0 unspecified atom stereocenters. The minimum Gasteiger partial charge on any atom is -0.338 e. The third-order valence-corrected chi connectivity index (χ3v) is 2.87. The largest absolute Gasteiger partial charge is 0.338 e. The average Bonchev–Trinajstić information content (AvgIpc) is 2.59. The Bertz CT molecular complexity index is 359. The average molecular weight is 204 g/mol. The van der Waals surface area contributed by atoms with Crippen molar-refractivity contribution in [3.63, 3.8) is 0 Å². The van der Waals surface area contributed by atoms with Gasteiger partial charge in [-0.1, -0.05) is 13.8 Å². The summed E-state index contributed by atoms with van der Waals surface area (Å²) in [5.74, 6) is 0.105. The van der Waals surface area contributed by atoms with E-state index in [1.807, 2.05) is 11.0 Å². The molecule has 0 N–H and O–H groups in total. The number of hydrogen-bond acceptors (Lipinski definition) is 2. The number of carbonyl (C=O) groups is 1. The highest BCUT2D eigenvalue weighted by atomic mass is 16.2. The second-order valence-corrected chi connectivity index (χ2v) is 4.88. The first-order chi connectivity index (χ1) is 7.08. The van der Waals surface area contributed by atoms with Crippen LogP contribution in [0.1, 0.15) is 30.6 Å². The molecule has 0 bridgehead atoms. The second kappa shape index (κ2) is 3.65. The lowest BCUT2D eigenvalue weighted by atomic mass is 9.93. The molecule has 1 saturated heterocycles. The Morgan fingerprint density at radius 2 is 2.33 bits per heavy atom. The highest BCUT2D eigenvalue weighted by molar-refractivity contribution is 5.94. The Morgan fingerprint density at radius 1 is 1.53 bits per heavy atom. The number of nitrogens with zero attached hydrogens (tertiary/aromatic N) is 2. The molecule has 1 fully saturated rings. The molecule has 1 aromatic rings. The van der Waals surface area contributed by atoms with Crippen LogP contribution in [0.15, 0.2) is 24.5 Å². The van der Waals surface area contributed by atoms with Gasteiger partial charge in [-0.2, -0.15) is 0 Å². The number of likely N-dealkylation sites (tertiary alicyclic amines) is 1. The van der Waals surface area contributed by atoms with E-state index in [-0.39, 0.29) is 11.3 Å². The number of carbonyl (C=O) groups excluding carboxylic acids is 1. The summed E-state index contributed by atoms with van der Waals surface area (Å²) in [7, 11) is 0. The maximum Gasteiger partial charge on any atom is 0.255 e. The summed E-state index contributed by atoms with van der Waals surface area (Å²) >= 11 is 0. The van der Waals surface area contributed by atoms with Crippen LogP contribution in [0, 0.1) is 5.41 Å². The fourth-order valence-electron chi connectivity index (χ4n) is 1.96. The maximum atomic E-state index is 12.0. The van der Waals surface area contributed by atoms with Gasteiger partial charge in [-0.3, -0.25) is 9.78 Å². The molecule has 2 heterocycles. The van der Waals surface area contributed by atoms with Crippen LogP contribution < -0.4 is 0 Å². The molecule has 3 nitrogen and oxygen atoms in total. The Morgan fingerprint density at radius 3 is 2.87 bits per heavy atom. The van der Waals surface area contributed by atoms with Crippen molar-refractivity contribution < 1.29 is 4.79 Å². The Hall–Kier alpha value is -1.38. The van der Waals surface area contributed by atoms with E-state index in [0.29, 0.717) is 5.56 Å². The normalized spacial score (nSPS) is 19.2. The van der Waals surface area contributed by atoms with Crippen LogP contribution in [0.25, 0.3) is 0 Å². The van der Waals surface area contributed by atoms with E-state index in [1.54, 1.807) is 18.5 Å². The van der Waals surface area contributed by atoms with Gasteiger partial charge < -0.3 is 4.90 Å². The topological polar surface area (TPSA) is 33.2 Å². The van der Waals surface area contributed by atoms with E-state index in [1.165, 1.54) is 0 Å². The molecule has 0 aromatic carbocycles. The smallest absolute Gasteiger partial charge is 0.255 e. The molecule has 15 heavy (non-hydrogen) atoms. The van der Waals surface area contributed by atoms with E-state index >= 15 is 0 Å². The van der Waals surface area contributed by atoms with Crippen LogP contribution in [0.3, 0.4) is 0 Å². The number of pyridine rings is 1. The first kappa shape index (κ1) is 10.1. The third-order valence-electron chi connectivity index (χ3n) is 2.87. The van der Waals surface area contributed by atoms with Gasteiger partial charge in [-0.05, 0) is 24.0 Å². The fourth-order valence-corrected chi connectivity index (χ4v) is 1.96. The van der Waals surface area contributed by atoms with E-state index in [0.717, 1.165) is 19.5 Å². The fraction of sp³-hybridized carbons (Fsp3) is 0.500. The molecule has 0 spiro atoms. The molecule has 0 radical (unpaired) electrons. The molecule has 0 aliphatic carbocycles. The van der Waals surface area contributed by atoms with E-state index in [2.05, 4.69) is 18.8 Å². The zero-order valence-corrected chi connectivity index (χ0v) is 9.23. The maximum absolute atomic E-state index is 12.0. The minimum atomic E-state index is 0.105. The van der Waals surface area contributed by atoms with Crippen molar-refractivity contribution in [1.29, 1.82) is 0 Å². The Labute approximate surface area is 90.1 Å². The molecule has 3 heteroatoms. The van der Waals surface area contributed by atoms with Crippen molar-refractivity contribution in [3.05, 3.63) is 30.1 Å². The summed E-state index contributed by atoms with van der Waals surface area (Å²) in [5.41, 5.74) is 0.952. The number of rotatable bonds is 1. The van der Waals surface area contributed by atoms with Gasteiger partial charge in [-0.15, -0.1) is 0 Å². The summed E-state index contributed by atoms with van der Waals surface area (Å²) in [6.45, 7) is 6.11. The van der Waals surface area contributed by atoms with Crippen LogP contribution in [-0.4, -0.2) is 28.9 Å². The number of hydrogen-bond donors (Lipinski definition) is 0.